The second-order valence-corrected chi connectivity index (χ2v) is 5.62. The number of amides is 1. The van der Waals surface area contributed by atoms with E-state index >= 15 is 0 Å². The van der Waals surface area contributed by atoms with E-state index in [0.717, 1.165) is 4.47 Å². The highest BCUT2D eigenvalue weighted by atomic mass is 79.9. The lowest BCUT2D eigenvalue weighted by Gasteiger charge is -2.14. The first-order valence-corrected chi connectivity index (χ1v) is 6.54. The fraction of sp³-hybridized carbons (Fsp3) is 0.364. The van der Waals surface area contributed by atoms with Crippen molar-refractivity contribution in [3.63, 3.8) is 0 Å². The molecule has 0 aliphatic carbocycles. The smallest absolute Gasteiger partial charge is 0.237 e. The minimum Gasteiger partial charge on any atom is -0.325 e. The first-order chi connectivity index (χ1) is 7.41. The molecule has 0 bridgehead atoms. The lowest BCUT2D eigenvalue weighted by Crippen LogP contribution is -2.27. The molecule has 5 heteroatoms. The molecule has 0 aliphatic heterocycles. The normalized spacial score (nSPS) is 12.6. The Bertz CT molecular complexity index is 398. The van der Waals surface area contributed by atoms with Crippen LogP contribution in [0.4, 0.5) is 5.69 Å². The van der Waals surface area contributed by atoms with E-state index in [9.17, 15) is 4.79 Å². The molecule has 0 heterocycles. The zero-order valence-electron chi connectivity index (χ0n) is 9.00. The highest BCUT2D eigenvalue weighted by Gasteiger charge is 2.17. The van der Waals surface area contributed by atoms with E-state index in [4.69, 9.17) is 11.6 Å². The molecule has 0 aromatic heterocycles. The van der Waals surface area contributed by atoms with Crippen molar-refractivity contribution in [2.45, 2.75) is 19.1 Å². The van der Waals surface area contributed by atoms with Gasteiger partial charge >= 0.3 is 0 Å². The second kappa shape index (κ2) is 5.94. The molecule has 0 radical (unpaired) electrons. The Hall–Kier alpha value is -0.190. The van der Waals surface area contributed by atoms with E-state index in [1.54, 1.807) is 18.2 Å². The van der Waals surface area contributed by atoms with Crippen molar-refractivity contribution in [2.75, 3.05) is 5.32 Å². The number of benzene rings is 1. The first-order valence-electron chi connectivity index (χ1n) is 4.86. The molecular formula is C11H13BrClNOS. The van der Waals surface area contributed by atoms with Gasteiger partial charge < -0.3 is 5.32 Å². The third-order valence-corrected chi connectivity index (χ3v) is 4.13. The molecule has 1 atom stereocenters. The summed E-state index contributed by atoms with van der Waals surface area (Å²) in [7, 11) is 0. The SMILES string of the molecule is CC(C)C(S)C(=O)Nc1ccc(Cl)c(Br)c1. The quantitative estimate of drug-likeness (QED) is 0.809. The topological polar surface area (TPSA) is 29.1 Å². The molecule has 1 aromatic carbocycles. The van der Waals surface area contributed by atoms with Crippen molar-refractivity contribution >= 4 is 51.8 Å². The van der Waals surface area contributed by atoms with E-state index in [2.05, 4.69) is 33.9 Å². The van der Waals surface area contributed by atoms with Crippen molar-refractivity contribution in [3.05, 3.63) is 27.7 Å². The van der Waals surface area contributed by atoms with E-state index in [1.807, 2.05) is 13.8 Å². The maximum atomic E-state index is 11.7. The summed E-state index contributed by atoms with van der Waals surface area (Å²) in [6.45, 7) is 3.91. The monoisotopic (exact) mass is 321 g/mol. The van der Waals surface area contributed by atoms with Gasteiger partial charge in [0.05, 0.1) is 10.3 Å². The molecule has 16 heavy (non-hydrogen) atoms. The Morgan fingerprint density at radius 3 is 2.62 bits per heavy atom. The van der Waals surface area contributed by atoms with Crippen LogP contribution in [0.25, 0.3) is 0 Å². The number of nitrogens with one attached hydrogen (secondary N) is 1. The van der Waals surface area contributed by atoms with Crippen LogP contribution in [0, 0.1) is 5.92 Å². The Balaban J connectivity index is 2.74. The van der Waals surface area contributed by atoms with E-state index < -0.39 is 0 Å². The van der Waals surface area contributed by atoms with Crippen molar-refractivity contribution in [2.24, 2.45) is 5.92 Å². The highest BCUT2D eigenvalue weighted by Crippen LogP contribution is 2.26. The van der Waals surface area contributed by atoms with Gasteiger partial charge in [-0.05, 0) is 40.0 Å². The van der Waals surface area contributed by atoms with Crippen LogP contribution in [0.15, 0.2) is 22.7 Å². The lowest BCUT2D eigenvalue weighted by molar-refractivity contribution is -0.116. The van der Waals surface area contributed by atoms with Gasteiger partial charge in [-0.25, -0.2) is 0 Å². The number of carbonyl (C=O) groups is 1. The standard InChI is InChI=1S/C11H13BrClNOS/c1-6(2)10(16)11(15)14-7-3-4-9(13)8(12)5-7/h3-6,10,16H,1-2H3,(H,14,15). The van der Waals surface area contributed by atoms with Gasteiger partial charge in [-0.2, -0.15) is 12.6 Å². The average Bonchev–Trinajstić information content (AvgIpc) is 2.22. The molecule has 1 N–H and O–H groups in total. The second-order valence-electron chi connectivity index (χ2n) is 3.81. The van der Waals surface area contributed by atoms with Gasteiger partial charge in [0.15, 0.2) is 0 Å². The first kappa shape index (κ1) is 13.9. The Labute approximate surface area is 114 Å². The number of anilines is 1. The lowest BCUT2D eigenvalue weighted by atomic mass is 10.1. The summed E-state index contributed by atoms with van der Waals surface area (Å²) in [5.41, 5.74) is 0.709. The molecule has 0 saturated carbocycles. The molecule has 1 unspecified atom stereocenters. The van der Waals surface area contributed by atoms with Crippen LogP contribution < -0.4 is 5.32 Å². The average molecular weight is 323 g/mol. The summed E-state index contributed by atoms with van der Waals surface area (Å²) in [6.07, 6.45) is 0. The highest BCUT2D eigenvalue weighted by molar-refractivity contribution is 9.10. The summed E-state index contributed by atoms with van der Waals surface area (Å²) < 4.78 is 0.757. The van der Waals surface area contributed by atoms with Gasteiger partial charge in [0.2, 0.25) is 5.91 Å². The molecule has 2 nitrogen and oxygen atoms in total. The predicted octanol–water partition coefficient (Wildman–Crippen LogP) is 4.00. The van der Waals surface area contributed by atoms with Crippen LogP contribution in [0.3, 0.4) is 0 Å². The molecule has 88 valence electrons. The zero-order valence-corrected chi connectivity index (χ0v) is 12.2. The fourth-order valence-electron chi connectivity index (χ4n) is 1.09. The predicted molar refractivity (Wildman–Crippen MR) is 75.4 cm³/mol. The third-order valence-electron chi connectivity index (χ3n) is 2.09. The minimum absolute atomic E-state index is 0.104. The number of thiol groups is 1. The van der Waals surface area contributed by atoms with Crippen LogP contribution in [0.1, 0.15) is 13.8 Å². The fourth-order valence-corrected chi connectivity index (χ4v) is 1.65. The largest absolute Gasteiger partial charge is 0.325 e. The summed E-state index contributed by atoms with van der Waals surface area (Å²) in [6, 6.07) is 5.25. The number of carbonyl (C=O) groups excluding carboxylic acids is 1. The van der Waals surface area contributed by atoms with Gasteiger partial charge in [-0.3, -0.25) is 4.79 Å². The van der Waals surface area contributed by atoms with Gasteiger partial charge in [-0.15, -0.1) is 0 Å². The number of rotatable bonds is 3. The van der Waals surface area contributed by atoms with Gasteiger partial charge in [0.25, 0.3) is 0 Å². The maximum absolute atomic E-state index is 11.7. The van der Waals surface area contributed by atoms with E-state index in [-0.39, 0.29) is 17.1 Å². The van der Waals surface area contributed by atoms with Crippen molar-refractivity contribution < 1.29 is 4.79 Å². The van der Waals surface area contributed by atoms with Crippen LogP contribution in [0.5, 0.6) is 0 Å². The van der Waals surface area contributed by atoms with Gasteiger partial charge in [-0.1, -0.05) is 25.4 Å². The number of hydrogen-bond donors (Lipinski definition) is 2. The van der Waals surface area contributed by atoms with Crippen LogP contribution in [-0.4, -0.2) is 11.2 Å². The van der Waals surface area contributed by atoms with Crippen molar-refractivity contribution in [1.29, 1.82) is 0 Å². The molecule has 0 saturated heterocycles. The summed E-state index contributed by atoms with van der Waals surface area (Å²) in [5.74, 6) is 0.0895. The number of hydrogen-bond acceptors (Lipinski definition) is 2. The molecule has 0 fully saturated rings. The summed E-state index contributed by atoms with van der Waals surface area (Å²) in [4.78, 5) is 11.7. The van der Waals surface area contributed by atoms with Gasteiger partial charge in [0, 0.05) is 10.2 Å². The minimum atomic E-state index is -0.311. The Morgan fingerprint density at radius 2 is 2.12 bits per heavy atom. The van der Waals surface area contributed by atoms with Crippen molar-refractivity contribution in [3.8, 4) is 0 Å². The van der Waals surface area contributed by atoms with Gasteiger partial charge in [0.1, 0.15) is 0 Å². The molecule has 0 spiro atoms. The molecular weight excluding hydrogens is 310 g/mol. The summed E-state index contributed by atoms with van der Waals surface area (Å²) >= 11 is 13.4. The molecule has 0 aliphatic rings. The van der Waals surface area contributed by atoms with E-state index in [1.165, 1.54) is 0 Å². The maximum Gasteiger partial charge on any atom is 0.237 e. The molecule has 1 amide bonds. The van der Waals surface area contributed by atoms with Crippen LogP contribution in [-0.2, 0) is 4.79 Å². The van der Waals surface area contributed by atoms with E-state index in [0.29, 0.717) is 10.7 Å². The van der Waals surface area contributed by atoms with Crippen LogP contribution >= 0.6 is 40.2 Å². The molecule has 1 rings (SSSR count). The number of halogens is 2. The van der Waals surface area contributed by atoms with Crippen LogP contribution in [0.2, 0.25) is 5.02 Å². The Morgan fingerprint density at radius 1 is 1.50 bits per heavy atom. The summed E-state index contributed by atoms with van der Waals surface area (Å²) in [5, 5.41) is 3.09. The third kappa shape index (κ3) is 3.68. The zero-order chi connectivity index (χ0) is 12.3. The molecule has 1 aromatic rings. The van der Waals surface area contributed by atoms with Crippen molar-refractivity contribution in [1.82, 2.24) is 0 Å². The Kier molecular flexibility index (Phi) is 5.15.